The van der Waals surface area contributed by atoms with Crippen molar-refractivity contribution in [3.05, 3.63) is 95.1 Å². The van der Waals surface area contributed by atoms with Gasteiger partial charge in [-0.3, -0.25) is 19.5 Å². The van der Waals surface area contributed by atoms with Gasteiger partial charge in [-0.25, -0.2) is 4.98 Å². The van der Waals surface area contributed by atoms with Gasteiger partial charge in [-0.1, -0.05) is 48.0 Å². The molecule has 5 rings (SSSR count). The number of carbonyl (C=O) groups excluding carboxylic acids is 2. The highest BCUT2D eigenvalue weighted by Crippen LogP contribution is 2.27. The van der Waals surface area contributed by atoms with E-state index in [-0.39, 0.29) is 24.5 Å². The van der Waals surface area contributed by atoms with E-state index in [2.05, 4.69) is 5.32 Å². The van der Waals surface area contributed by atoms with Gasteiger partial charge in [-0.05, 0) is 55.7 Å². The number of amides is 2. The number of ether oxygens (including phenoxy) is 2. The molecule has 0 radical (unpaired) electrons. The van der Waals surface area contributed by atoms with Gasteiger partial charge in [0.05, 0.1) is 24.6 Å². The molecule has 2 heterocycles. The maximum absolute atomic E-state index is 13.6. The summed E-state index contributed by atoms with van der Waals surface area (Å²) in [4.78, 5) is 33.3. The lowest BCUT2D eigenvalue weighted by atomic mass is 10.1. The average molecular weight is 559 g/mol. The number of carbonyl (C=O) groups is 2. The molecular weight excluding hydrogens is 528 g/mol. The Bertz CT molecular complexity index is 1500. The molecule has 40 heavy (non-hydrogen) atoms. The van der Waals surface area contributed by atoms with Crippen LogP contribution < -0.4 is 10.1 Å². The molecule has 0 spiro atoms. The molecule has 0 aliphatic carbocycles. The third kappa shape index (κ3) is 6.35. The van der Waals surface area contributed by atoms with Crippen LogP contribution in [0.3, 0.4) is 0 Å². The van der Waals surface area contributed by atoms with E-state index in [9.17, 15) is 9.59 Å². The Kier molecular flexibility index (Phi) is 8.48. The Morgan fingerprint density at radius 1 is 1.12 bits per heavy atom. The van der Waals surface area contributed by atoms with Crippen LogP contribution in [0, 0.1) is 6.92 Å². The summed E-state index contributed by atoms with van der Waals surface area (Å²) in [5.41, 5.74) is 3.68. The van der Waals surface area contributed by atoms with Crippen LogP contribution in [0.1, 0.15) is 28.8 Å². The molecule has 1 fully saturated rings. The Hall–Kier alpha value is -4.14. The standard InChI is InChI=1S/C31H31ClN4O4/c1-21-7-3-4-11-27(21)30(38)35(18-26-10-6-16-40-26)20-29(37)34-31-33-28(22-12-14-23(32)15-13-22)19-36(31)24-8-5-9-25(17-24)39-2/h3-5,7-9,11-15,17,19,26H,6,10,16,18,20H2,1-2H3,(H,33,34,37). The molecule has 2 amide bonds. The summed E-state index contributed by atoms with van der Waals surface area (Å²) in [5, 5.41) is 3.56. The number of halogens is 1. The van der Waals surface area contributed by atoms with Gasteiger partial charge in [-0.15, -0.1) is 0 Å². The van der Waals surface area contributed by atoms with Crippen molar-refractivity contribution in [3.8, 4) is 22.7 Å². The van der Waals surface area contributed by atoms with Crippen LogP contribution in [0.2, 0.25) is 5.02 Å². The van der Waals surface area contributed by atoms with Crippen molar-refractivity contribution in [2.75, 3.05) is 32.1 Å². The monoisotopic (exact) mass is 558 g/mol. The Morgan fingerprint density at radius 2 is 1.93 bits per heavy atom. The fourth-order valence-corrected chi connectivity index (χ4v) is 4.89. The molecule has 1 N–H and O–H groups in total. The highest BCUT2D eigenvalue weighted by molar-refractivity contribution is 6.30. The molecule has 4 aromatic rings. The summed E-state index contributed by atoms with van der Waals surface area (Å²) in [5.74, 6) is 0.422. The van der Waals surface area contributed by atoms with E-state index in [0.29, 0.717) is 41.1 Å². The Morgan fingerprint density at radius 3 is 2.65 bits per heavy atom. The molecule has 1 aromatic heterocycles. The fraction of sp³-hybridized carbons (Fsp3) is 0.258. The van der Waals surface area contributed by atoms with Gasteiger partial charge < -0.3 is 14.4 Å². The molecule has 1 unspecified atom stereocenters. The first-order chi connectivity index (χ1) is 19.4. The number of nitrogens with one attached hydrogen (secondary N) is 1. The van der Waals surface area contributed by atoms with Gasteiger partial charge >= 0.3 is 0 Å². The van der Waals surface area contributed by atoms with Crippen molar-refractivity contribution < 1.29 is 19.1 Å². The highest BCUT2D eigenvalue weighted by atomic mass is 35.5. The Balaban J connectivity index is 1.43. The van der Waals surface area contributed by atoms with Crippen LogP contribution in [-0.2, 0) is 9.53 Å². The van der Waals surface area contributed by atoms with Gasteiger partial charge in [-0.2, -0.15) is 0 Å². The second-order valence-electron chi connectivity index (χ2n) is 9.71. The van der Waals surface area contributed by atoms with Gasteiger partial charge in [0.1, 0.15) is 12.3 Å². The number of hydrogen-bond acceptors (Lipinski definition) is 5. The van der Waals surface area contributed by atoms with E-state index in [4.69, 9.17) is 26.1 Å². The van der Waals surface area contributed by atoms with Crippen molar-refractivity contribution in [2.45, 2.75) is 25.9 Å². The summed E-state index contributed by atoms with van der Waals surface area (Å²) >= 11 is 6.08. The van der Waals surface area contributed by atoms with E-state index < -0.39 is 0 Å². The second kappa shape index (κ2) is 12.4. The molecule has 1 saturated heterocycles. The zero-order valence-corrected chi connectivity index (χ0v) is 23.2. The van der Waals surface area contributed by atoms with Crippen molar-refractivity contribution in [1.29, 1.82) is 0 Å². The molecule has 8 nitrogen and oxygen atoms in total. The van der Waals surface area contributed by atoms with Crippen molar-refractivity contribution in [2.24, 2.45) is 0 Å². The van der Waals surface area contributed by atoms with Crippen LogP contribution in [0.4, 0.5) is 5.95 Å². The first-order valence-electron chi connectivity index (χ1n) is 13.2. The van der Waals surface area contributed by atoms with Gasteiger partial charge in [0, 0.05) is 41.6 Å². The topological polar surface area (TPSA) is 85.7 Å². The average Bonchev–Trinajstić information content (AvgIpc) is 3.63. The van der Waals surface area contributed by atoms with E-state index >= 15 is 0 Å². The Labute approximate surface area is 238 Å². The number of imidazole rings is 1. The molecule has 3 aromatic carbocycles. The maximum atomic E-state index is 13.6. The number of anilines is 1. The molecule has 1 atom stereocenters. The molecule has 206 valence electrons. The quantitative estimate of drug-likeness (QED) is 0.282. The lowest BCUT2D eigenvalue weighted by Crippen LogP contribution is -2.42. The normalized spacial score (nSPS) is 14.6. The van der Waals surface area contributed by atoms with Crippen molar-refractivity contribution in [3.63, 3.8) is 0 Å². The number of aryl methyl sites for hydroxylation is 1. The van der Waals surface area contributed by atoms with E-state index in [1.807, 2.05) is 67.7 Å². The van der Waals surface area contributed by atoms with Crippen molar-refractivity contribution >= 4 is 29.4 Å². The largest absolute Gasteiger partial charge is 0.497 e. The minimum Gasteiger partial charge on any atom is -0.497 e. The molecule has 0 bridgehead atoms. The third-order valence-corrected chi connectivity index (χ3v) is 7.13. The minimum absolute atomic E-state index is 0.101. The number of nitrogens with zero attached hydrogens (tertiary/aromatic N) is 3. The van der Waals surface area contributed by atoms with Crippen LogP contribution in [-0.4, -0.2) is 59.2 Å². The summed E-state index contributed by atoms with van der Waals surface area (Å²) in [6.07, 6.45) is 3.53. The SMILES string of the molecule is COc1cccc(-n2cc(-c3ccc(Cl)cc3)nc2NC(=O)CN(CC2CCCO2)C(=O)c2ccccc2C)c1. The number of hydrogen-bond donors (Lipinski definition) is 1. The van der Waals surface area contributed by atoms with E-state index in [0.717, 1.165) is 29.7 Å². The first-order valence-corrected chi connectivity index (χ1v) is 13.5. The smallest absolute Gasteiger partial charge is 0.254 e. The lowest BCUT2D eigenvalue weighted by Gasteiger charge is -2.25. The summed E-state index contributed by atoms with van der Waals surface area (Å²) in [7, 11) is 1.60. The van der Waals surface area contributed by atoms with Crippen LogP contribution in [0.25, 0.3) is 16.9 Å². The summed E-state index contributed by atoms with van der Waals surface area (Å²) < 4.78 is 13.0. The minimum atomic E-state index is -0.364. The number of benzene rings is 3. The van der Waals surface area contributed by atoms with E-state index in [1.54, 1.807) is 34.8 Å². The second-order valence-corrected chi connectivity index (χ2v) is 10.1. The zero-order chi connectivity index (χ0) is 28.1. The lowest BCUT2D eigenvalue weighted by molar-refractivity contribution is -0.117. The molecule has 0 saturated carbocycles. The molecular formula is C31H31ClN4O4. The van der Waals surface area contributed by atoms with Crippen molar-refractivity contribution in [1.82, 2.24) is 14.5 Å². The van der Waals surface area contributed by atoms with Crippen LogP contribution in [0.15, 0.2) is 79.0 Å². The van der Waals surface area contributed by atoms with Crippen LogP contribution >= 0.6 is 11.6 Å². The fourth-order valence-electron chi connectivity index (χ4n) is 4.76. The molecule has 1 aliphatic rings. The predicted octanol–water partition coefficient (Wildman–Crippen LogP) is 5.77. The number of aromatic nitrogens is 2. The van der Waals surface area contributed by atoms with Crippen LogP contribution in [0.5, 0.6) is 5.75 Å². The summed E-state index contributed by atoms with van der Waals surface area (Å²) in [6.45, 7) is 2.74. The zero-order valence-electron chi connectivity index (χ0n) is 22.5. The van der Waals surface area contributed by atoms with Gasteiger partial charge in [0.15, 0.2) is 0 Å². The molecule has 1 aliphatic heterocycles. The summed E-state index contributed by atoms with van der Waals surface area (Å²) in [6, 6.07) is 22.2. The van der Waals surface area contributed by atoms with Gasteiger partial charge in [0.2, 0.25) is 11.9 Å². The molecule has 9 heteroatoms. The number of rotatable bonds is 9. The number of methoxy groups -OCH3 is 1. The first kappa shape index (κ1) is 27.4. The van der Waals surface area contributed by atoms with Gasteiger partial charge in [0.25, 0.3) is 5.91 Å². The highest BCUT2D eigenvalue weighted by Gasteiger charge is 2.26. The maximum Gasteiger partial charge on any atom is 0.254 e. The third-order valence-electron chi connectivity index (χ3n) is 6.87. The predicted molar refractivity (Wildman–Crippen MR) is 155 cm³/mol. The van der Waals surface area contributed by atoms with E-state index in [1.165, 1.54) is 0 Å².